The van der Waals surface area contributed by atoms with Crippen LogP contribution in [-0.4, -0.2) is 99.3 Å². The Morgan fingerprint density at radius 1 is 1.16 bits per heavy atom. The smallest absolute Gasteiger partial charge is 0.543 e. The van der Waals surface area contributed by atoms with Gasteiger partial charge < -0.3 is 41.6 Å². The van der Waals surface area contributed by atoms with Crippen LogP contribution in [0.4, 0.5) is 16.4 Å². The monoisotopic (exact) mass is 751 g/mol. The number of aliphatic hydroxyl groups is 1. The van der Waals surface area contributed by atoms with E-state index in [1.54, 1.807) is 5.51 Å². The molecule has 21 heteroatoms. The van der Waals surface area contributed by atoms with E-state index in [9.17, 15) is 39.6 Å². The maximum absolute atomic E-state index is 14.0. The minimum Gasteiger partial charge on any atom is -0.543 e. The van der Waals surface area contributed by atoms with Gasteiger partial charge in [-0.05, 0) is 49.0 Å². The molecule has 2 unspecified atom stereocenters. The summed E-state index contributed by atoms with van der Waals surface area (Å²) in [5, 5.41) is 55.5. The molecule has 0 radical (unpaired) electrons. The van der Waals surface area contributed by atoms with Crippen molar-refractivity contribution < 1.29 is 69.2 Å². The molecule has 17 nitrogen and oxygen atoms in total. The van der Waals surface area contributed by atoms with E-state index in [1.807, 2.05) is 0 Å². The number of aliphatic carboxylic acids is 1. The zero-order valence-corrected chi connectivity index (χ0v) is 30.9. The number of thioether (sulfide) groups is 2. The van der Waals surface area contributed by atoms with Crippen LogP contribution in [0.25, 0.3) is 0 Å². The van der Waals surface area contributed by atoms with E-state index in [4.69, 9.17) is 5.73 Å². The average Bonchev–Trinajstić information content (AvgIpc) is 3.60. The van der Waals surface area contributed by atoms with Crippen LogP contribution in [0.1, 0.15) is 37.3 Å². The zero-order valence-electron chi connectivity index (χ0n) is 26.5. The minimum atomic E-state index is -1.59. The average molecular weight is 752 g/mol. The maximum Gasteiger partial charge on any atom is 1.00 e. The van der Waals surface area contributed by atoms with E-state index in [2.05, 4.69) is 30.8 Å². The number of carbonyl (C=O) groups is 4. The number of hydrogen-bond donors (Lipinski definition) is 6. The van der Waals surface area contributed by atoms with E-state index in [1.165, 1.54) is 59.1 Å². The molecule has 3 aliphatic rings. The summed E-state index contributed by atoms with van der Waals surface area (Å²) in [6, 6.07) is 1.32. The topological polar surface area (TPSA) is 260 Å². The summed E-state index contributed by atoms with van der Waals surface area (Å²) in [5.41, 5.74) is 7.35. The van der Waals surface area contributed by atoms with Gasteiger partial charge in [-0.3, -0.25) is 19.4 Å². The second-order valence-electron chi connectivity index (χ2n) is 11.4. The van der Waals surface area contributed by atoms with Crippen molar-refractivity contribution in [3.05, 3.63) is 52.8 Å². The Bertz CT molecular complexity index is 1780. The molecule has 1 saturated carbocycles. The fraction of sp³-hybridized carbons (Fsp3) is 0.379. The quantitative estimate of drug-likeness (QED) is 0.0661. The Morgan fingerprint density at radius 2 is 1.88 bits per heavy atom. The normalized spacial score (nSPS) is 22.0. The molecule has 1 saturated heterocycles. The van der Waals surface area contributed by atoms with E-state index in [0.29, 0.717) is 35.6 Å². The molecule has 1 aliphatic carbocycles. The van der Waals surface area contributed by atoms with Crippen LogP contribution in [0.3, 0.4) is 0 Å². The number of anilines is 2. The summed E-state index contributed by atoms with van der Waals surface area (Å²) >= 11 is 3.82. The number of aromatic nitrogens is 4. The Morgan fingerprint density at radius 3 is 2.50 bits per heavy atom. The first kappa shape index (κ1) is 37.6. The fourth-order valence-corrected chi connectivity index (χ4v) is 8.83. The fourth-order valence-electron chi connectivity index (χ4n) is 5.86. The number of primary amides is 1. The number of carboxylic acid groups (broad SMARTS) is 1. The Balaban J connectivity index is 0.00000486. The van der Waals surface area contributed by atoms with E-state index in [-0.39, 0.29) is 81.9 Å². The SMILES string of the molecule is NC(=O)N(c1cnc(NC2CCC(O)CC2)nc1O)C(C(=O)NC1C(=O)N2C(C(=O)[O-])=C(CSc3nncs3)CS[C@@H]12)c1ccc(O)cc1.[Na+]. The van der Waals surface area contributed by atoms with Gasteiger partial charge in [0.2, 0.25) is 17.7 Å². The molecule has 6 rings (SSSR count). The molecule has 2 aromatic heterocycles. The second kappa shape index (κ2) is 16.1. The maximum atomic E-state index is 14.0. The molecule has 0 spiro atoms. The van der Waals surface area contributed by atoms with Crippen molar-refractivity contribution in [3.8, 4) is 11.6 Å². The number of benzene rings is 1. The zero-order chi connectivity index (χ0) is 34.8. The van der Waals surface area contributed by atoms with Gasteiger partial charge >= 0.3 is 35.6 Å². The van der Waals surface area contributed by atoms with Crippen LogP contribution >= 0.6 is 34.9 Å². The number of nitrogens with two attached hydrogens (primary N) is 1. The molecule has 50 heavy (non-hydrogen) atoms. The van der Waals surface area contributed by atoms with E-state index in [0.717, 1.165) is 16.0 Å². The van der Waals surface area contributed by atoms with Gasteiger partial charge in [-0.15, -0.1) is 22.0 Å². The molecule has 1 aromatic carbocycles. The second-order valence-corrected chi connectivity index (χ2v) is 14.5. The van der Waals surface area contributed by atoms with Crippen LogP contribution in [-0.2, 0) is 14.4 Å². The molecule has 4 heterocycles. The molecule has 3 aromatic rings. The van der Waals surface area contributed by atoms with Gasteiger partial charge in [-0.25, -0.2) is 9.78 Å². The van der Waals surface area contributed by atoms with Gasteiger partial charge in [-0.1, -0.05) is 35.2 Å². The summed E-state index contributed by atoms with van der Waals surface area (Å²) in [5.74, 6) is -3.39. The summed E-state index contributed by atoms with van der Waals surface area (Å²) < 4.78 is 0.629. The van der Waals surface area contributed by atoms with Gasteiger partial charge in [-0.2, -0.15) is 4.98 Å². The number of phenolic OH excluding ortho intramolecular Hbond substituents is 1. The molecule has 2 fully saturated rings. The number of carboxylic acids is 1. The number of nitrogens with one attached hydrogen (secondary N) is 2. The van der Waals surface area contributed by atoms with E-state index >= 15 is 0 Å². The van der Waals surface area contributed by atoms with Gasteiger partial charge in [0.1, 0.15) is 34.4 Å². The number of urea groups is 1. The van der Waals surface area contributed by atoms with Crippen molar-refractivity contribution in [1.29, 1.82) is 0 Å². The number of hydrogen-bond acceptors (Lipinski definition) is 16. The summed E-state index contributed by atoms with van der Waals surface area (Å²) in [6.07, 6.45) is 3.25. The number of β-lactam (4-membered cyclic amide) rings is 1. The number of amides is 4. The third kappa shape index (κ3) is 7.95. The number of rotatable bonds is 11. The van der Waals surface area contributed by atoms with Crippen LogP contribution in [0, 0.1) is 0 Å². The minimum absolute atomic E-state index is 0. The predicted octanol–water partition coefficient (Wildman–Crippen LogP) is -2.72. The number of fused-ring (bicyclic) bond motifs is 1. The van der Waals surface area contributed by atoms with Crippen LogP contribution in [0.2, 0.25) is 0 Å². The Labute approximate surface area is 319 Å². The third-order valence-electron chi connectivity index (χ3n) is 8.24. The molecular weight excluding hydrogens is 722 g/mol. The third-order valence-corrected chi connectivity index (χ3v) is 11.5. The van der Waals surface area contributed by atoms with Crippen molar-refractivity contribution >= 4 is 70.3 Å². The molecule has 3 atom stereocenters. The Kier molecular flexibility index (Phi) is 12.1. The summed E-state index contributed by atoms with van der Waals surface area (Å²) in [7, 11) is 0. The molecule has 258 valence electrons. The van der Waals surface area contributed by atoms with Crippen molar-refractivity contribution in [2.75, 3.05) is 21.7 Å². The van der Waals surface area contributed by atoms with Crippen molar-refractivity contribution in [3.63, 3.8) is 0 Å². The van der Waals surface area contributed by atoms with Gasteiger partial charge in [0.15, 0.2) is 4.34 Å². The van der Waals surface area contributed by atoms with Crippen LogP contribution in [0.15, 0.2) is 51.6 Å². The number of aliphatic hydroxyl groups excluding tert-OH is 1. The molecule has 2 aliphatic heterocycles. The van der Waals surface area contributed by atoms with Crippen LogP contribution < -0.4 is 55.9 Å². The first-order valence-electron chi connectivity index (χ1n) is 15.0. The largest absolute Gasteiger partial charge is 1.00 e. The first-order valence-corrected chi connectivity index (χ1v) is 17.9. The molecule has 7 N–H and O–H groups in total. The molecule has 0 bridgehead atoms. The van der Waals surface area contributed by atoms with Gasteiger partial charge in [0.25, 0.3) is 5.91 Å². The van der Waals surface area contributed by atoms with E-state index < -0.39 is 47.2 Å². The number of aromatic hydroxyl groups is 2. The number of nitrogens with zero attached hydrogens (tertiary/aromatic N) is 6. The standard InChI is InChI=1S/C29H31N9O8S3.Na/c30-27(46)37(18-9-31-28(35-22(18)41)33-15-3-7-17(40)8-4-15)20(13-1-5-16(39)6-2-13)23(42)34-19-24(43)38-21(26(44)45)14(10-47-25(19)38)11-48-29-36-32-12-49-29;/h1-2,5-6,9,12,15,17,19-20,25,39-40H,3-4,7-8,10-11H2,(H2,30,46)(H,34,42)(H,44,45)(H2,31,33,35,41);/q;+1/p-1/t15?,17?,19?,20?,25-;/m0./s1. The number of phenols is 1. The summed E-state index contributed by atoms with van der Waals surface area (Å²) in [4.78, 5) is 62.7. The van der Waals surface area contributed by atoms with Gasteiger partial charge in [0, 0.05) is 17.5 Å². The van der Waals surface area contributed by atoms with Crippen LogP contribution in [0.5, 0.6) is 11.6 Å². The Hall–Kier alpha value is -3.66. The van der Waals surface area contributed by atoms with Crippen molar-refractivity contribution in [1.82, 2.24) is 30.4 Å². The molecule has 4 amide bonds. The number of carbonyl (C=O) groups excluding carboxylic acids is 4. The van der Waals surface area contributed by atoms with Crippen molar-refractivity contribution in [2.45, 2.75) is 59.6 Å². The first-order chi connectivity index (χ1) is 23.5. The van der Waals surface area contributed by atoms with Crippen molar-refractivity contribution in [2.24, 2.45) is 5.73 Å². The van der Waals surface area contributed by atoms with Gasteiger partial charge in [0.05, 0.1) is 24.0 Å². The summed E-state index contributed by atoms with van der Waals surface area (Å²) in [6.45, 7) is 0. The molecular formula is C29H30N9NaO8S3. The predicted molar refractivity (Wildman–Crippen MR) is 176 cm³/mol.